The first kappa shape index (κ1) is 20.6. The molecule has 3 aromatic rings. The third kappa shape index (κ3) is 3.74. The number of fused-ring (bicyclic) bond motifs is 2. The summed E-state index contributed by atoms with van der Waals surface area (Å²) in [5.74, 6) is -0.475. The smallest absolute Gasteiger partial charge is 0.313 e. The van der Waals surface area contributed by atoms with E-state index in [-0.39, 0.29) is 11.9 Å². The fourth-order valence-electron chi connectivity index (χ4n) is 4.90. The summed E-state index contributed by atoms with van der Waals surface area (Å²) in [6, 6.07) is 13.3. The fraction of sp³-hybridized carbons (Fsp3) is 0.407. The highest BCUT2D eigenvalue weighted by molar-refractivity contribution is 5.99. The van der Waals surface area contributed by atoms with Crippen LogP contribution in [0.2, 0.25) is 0 Å². The second kappa shape index (κ2) is 8.59. The van der Waals surface area contributed by atoms with Gasteiger partial charge in [0.15, 0.2) is 0 Å². The Morgan fingerprint density at radius 1 is 1.07 bits per heavy atom. The summed E-state index contributed by atoms with van der Waals surface area (Å²) >= 11 is 0. The average molecular weight is 402 g/mol. The zero-order valence-electron chi connectivity index (χ0n) is 18.5. The van der Waals surface area contributed by atoms with Gasteiger partial charge < -0.3 is 4.74 Å². The number of hydrogen-bond acceptors (Lipinski definition) is 3. The zero-order valence-corrected chi connectivity index (χ0v) is 18.5. The number of ether oxygens (including phenoxy) is 1. The first-order chi connectivity index (χ1) is 14.5. The van der Waals surface area contributed by atoms with Gasteiger partial charge in [-0.1, -0.05) is 43.2 Å². The number of pyridine rings is 1. The molecule has 3 heteroatoms. The maximum Gasteiger partial charge on any atom is 0.313 e. The molecule has 1 unspecified atom stereocenters. The van der Waals surface area contributed by atoms with Crippen molar-refractivity contribution in [3.05, 3.63) is 64.3 Å². The lowest BCUT2D eigenvalue weighted by atomic mass is 9.82. The highest BCUT2D eigenvalue weighted by atomic mass is 16.5. The van der Waals surface area contributed by atoms with Gasteiger partial charge in [0.1, 0.15) is 0 Å². The van der Waals surface area contributed by atoms with E-state index in [0.717, 1.165) is 59.0 Å². The van der Waals surface area contributed by atoms with Crippen molar-refractivity contribution in [1.29, 1.82) is 0 Å². The summed E-state index contributed by atoms with van der Waals surface area (Å²) in [5.41, 5.74) is 9.37. The van der Waals surface area contributed by atoms with Gasteiger partial charge in [-0.05, 0) is 85.9 Å². The van der Waals surface area contributed by atoms with Gasteiger partial charge in [0.25, 0.3) is 0 Å². The van der Waals surface area contributed by atoms with Crippen LogP contribution in [0.5, 0.6) is 0 Å². The number of benzene rings is 2. The molecule has 0 saturated carbocycles. The number of hydrogen-bond donors (Lipinski definition) is 0. The number of esters is 1. The number of nitrogens with zero attached hydrogens (tertiary/aromatic N) is 1. The quantitative estimate of drug-likeness (QED) is 0.461. The SMILES string of the molecule is CCCC(C(=O)OC)c1c(C)nc2cc3c(cc2c1-c1ccc(C)cc1)CCCC3. The third-order valence-corrected chi connectivity index (χ3v) is 6.43. The molecule has 0 radical (unpaired) electrons. The van der Waals surface area contributed by atoms with Crippen LogP contribution >= 0.6 is 0 Å². The van der Waals surface area contributed by atoms with Crippen molar-refractivity contribution < 1.29 is 9.53 Å². The van der Waals surface area contributed by atoms with Crippen molar-refractivity contribution in [2.45, 2.75) is 65.2 Å². The van der Waals surface area contributed by atoms with Gasteiger partial charge in [-0.25, -0.2) is 0 Å². The van der Waals surface area contributed by atoms with Crippen molar-refractivity contribution in [1.82, 2.24) is 4.98 Å². The molecule has 30 heavy (non-hydrogen) atoms. The number of rotatable bonds is 5. The Morgan fingerprint density at radius 3 is 2.37 bits per heavy atom. The summed E-state index contributed by atoms with van der Waals surface area (Å²) in [6.07, 6.45) is 6.41. The second-order valence-corrected chi connectivity index (χ2v) is 8.56. The Hall–Kier alpha value is -2.68. The predicted molar refractivity (Wildman–Crippen MR) is 123 cm³/mol. The van der Waals surface area contributed by atoms with Gasteiger partial charge in [-0.15, -0.1) is 0 Å². The Balaban J connectivity index is 2.06. The van der Waals surface area contributed by atoms with Crippen LogP contribution in [0.4, 0.5) is 0 Å². The molecular weight excluding hydrogens is 370 g/mol. The molecule has 0 spiro atoms. The van der Waals surface area contributed by atoms with Gasteiger partial charge >= 0.3 is 5.97 Å². The van der Waals surface area contributed by atoms with Crippen LogP contribution in [0.15, 0.2) is 36.4 Å². The van der Waals surface area contributed by atoms with Gasteiger partial charge in [0.2, 0.25) is 0 Å². The molecule has 1 aliphatic carbocycles. The van der Waals surface area contributed by atoms with Crippen LogP contribution in [0.1, 0.15) is 66.5 Å². The van der Waals surface area contributed by atoms with Crippen molar-refractivity contribution in [3.8, 4) is 11.1 Å². The monoisotopic (exact) mass is 401 g/mol. The number of aromatic nitrogens is 1. The first-order valence-electron chi connectivity index (χ1n) is 11.1. The van der Waals surface area contributed by atoms with E-state index in [1.165, 1.54) is 36.6 Å². The highest BCUT2D eigenvalue weighted by Crippen LogP contribution is 2.41. The topological polar surface area (TPSA) is 39.2 Å². The summed E-state index contributed by atoms with van der Waals surface area (Å²) in [5, 5.41) is 1.16. The molecule has 1 aromatic heterocycles. The Labute approximate surface area is 179 Å². The molecular formula is C27H31NO2. The number of carbonyl (C=O) groups excluding carboxylic acids is 1. The molecule has 1 heterocycles. The zero-order chi connectivity index (χ0) is 21.3. The van der Waals surface area contributed by atoms with Gasteiger partial charge in [-0.2, -0.15) is 0 Å². The van der Waals surface area contributed by atoms with E-state index in [1.54, 1.807) is 0 Å². The third-order valence-electron chi connectivity index (χ3n) is 6.43. The largest absolute Gasteiger partial charge is 0.469 e. The summed E-state index contributed by atoms with van der Waals surface area (Å²) in [6.45, 7) is 6.25. The van der Waals surface area contributed by atoms with Crippen LogP contribution in [0, 0.1) is 13.8 Å². The van der Waals surface area contributed by atoms with Crippen LogP contribution in [-0.2, 0) is 22.4 Å². The van der Waals surface area contributed by atoms with Crippen molar-refractivity contribution in [3.63, 3.8) is 0 Å². The van der Waals surface area contributed by atoms with E-state index >= 15 is 0 Å². The molecule has 0 bridgehead atoms. The summed E-state index contributed by atoms with van der Waals surface area (Å²) in [7, 11) is 1.48. The van der Waals surface area contributed by atoms with E-state index in [0.29, 0.717) is 0 Å². The Kier molecular flexibility index (Phi) is 5.90. The number of aryl methyl sites for hydroxylation is 4. The molecule has 2 aromatic carbocycles. The Morgan fingerprint density at radius 2 is 1.73 bits per heavy atom. The molecule has 0 N–H and O–H groups in total. The number of methoxy groups -OCH3 is 1. The molecule has 1 aliphatic rings. The van der Waals surface area contributed by atoms with Gasteiger partial charge in [0, 0.05) is 11.1 Å². The number of carbonyl (C=O) groups is 1. The van der Waals surface area contributed by atoms with Crippen LogP contribution in [0.3, 0.4) is 0 Å². The van der Waals surface area contributed by atoms with E-state index in [9.17, 15) is 4.79 Å². The van der Waals surface area contributed by atoms with Crippen LogP contribution in [-0.4, -0.2) is 18.1 Å². The van der Waals surface area contributed by atoms with Crippen molar-refractivity contribution in [2.75, 3.05) is 7.11 Å². The van der Waals surface area contributed by atoms with Gasteiger partial charge in [0.05, 0.1) is 18.5 Å². The normalized spacial score (nSPS) is 14.4. The fourth-order valence-corrected chi connectivity index (χ4v) is 4.90. The standard InChI is InChI=1S/C27H31NO2/c1-5-8-22(27(29)30-4)25-18(3)28-24-16-21-10-7-6-9-20(21)15-23(24)26(25)19-13-11-17(2)12-14-19/h11-16,22H,5-10H2,1-4H3. The lowest BCUT2D eigenvalue weighted by Gasteiger charge is -2.24. The average Bonchev–Trinajstić information content (AvgIpc) is 2.76. The predicted octanol–water partition coefficient (Wildman–Crippen LogP) is 6.45. The van der Waals surface area contributed by atoms with Crippen LogP contribution < -0.4 is 0 Å². The van der Waals surface area contributed by atoms with E-state index < -0.39 is 0 Å². The molecule has 0 saturated heterocycles. The van der Waals surface area contributed by atoms with E-state index in [4.69, 9.17) is 9.72 Å². The van der Waals surface area contributed by atoms with E-state index in [1.807, 2.05) is 6.92 Å². The molecule has 0 fully saturated rings. The minimum Gasteiger partial charge on any atom is -0.469 e. The molecule has 1 atom stereocenters. The summed E-state index contributed by atoms with van der Waals surface area (Å²) in [4.78, 5) is 17.8. The lowest BCUT2D eigenvalue weighted by molar-refractivity contribution is -0.142. The van der Waals surface area contributed by atoms with E-state index in [2.05, 4.69) is 50.2 Å². The molecule has 0 amide bonds. The summed E-state index contributed by atoms with van der Waals surface area (Å²) < 4.78 is 5.22. The maximum atomic E-state index is 12.8. The highest BCUT2D eigenvalue weighted by Gasteiger charge is 2.28. The lowest BCUT2D eigenvalue weighted by Crippen LogP contribution is -2.17. The minimum atomic E-state index is -0.302. The first-order valence-corrected chi connectivity index (χ1v) is 11.1. The molecule has 0 aliphatic heterocycles. The van der Waals surface area contributed by atoms with Crippen LogP contribution in [0.25, 0.3) is 22.0 Å². The minimum absolute atomic E-state index is 0.174. The van der Waals surface area contributed by atoms with Crippen molar-refractivity contribution >= 4 is 16.9 Å². The second-order valence-electron chi connectivity index (χ2n) is 8.56. The molecule has 4 rings (SSSR count). The Bertz CT molecular complexity index is 1080. The van der Waals surface area contributed by atoms with Crippen molar-refractivity contribution in [2.24, 2.45) is 0 Å². The van der Waals surface area contributed by atoms with Gasteiger partial charge in [-0.3, -0.25) is 9.78 Å². The molecule has 3 nitrogen and oxygen atoms in total. The molecule has 156 valence electrons. The maximum absolute atomic E-state index is 12.8.